The second-order valence-electron chi connectivity index (χ2n) is 6.37. The summed E-state index contributed by atoms with van der Waals surface area (Å²) in [6.45, 7) is 0. The van der Waals surface area contributed by atoms with Crippen LogP contribution in [-0.4, -0.2) is 21.6 Å². The minimum atomic E-state index is -0.152. The number of hydrazone groups is 1. The first kappa shape index (κ1) is 16.8. The van der Waals surface area contributed by atoms with Crippen LogP contribution >= 0.6 is 11.8 Å². The lowest BCUT2D eigenvalue weighted by atomic mass is 10.1. The molecule has 132 valence electrons. The van der Waals surface area contributed by atoms with E-state index in [1.807, 2.05) is 48.5 Å². The molecule has 2 N–H and O–H groups in total. The van der Waals surface area contributed by atoms with E-state index in [-0.39, 0.29) is 5.91 Å². The Hall–Kier alpha value is -2.60. The Balaban J connectivity index is 1.34. The van der Waals surface area contributed by atoms with Gasteiger partial charge in [-0.25, -0.2) is 10.4 Å². The summed E-state index contributed by atoms with van der Waals surface area (Å²) in [5.74, 6) is 0.644. The number of para-hydroxylation sites is 2. The van der Waals surface area contributed by atoms with E-state index in [4.69, 9.17) is 0 Å². The van der Waals surface area contributed by atoms with Crippen molar-refractivity contribution in [3.63, 3.8) is 0 Å². The molecule has 0 bridgehead atoms. The molecular weight excluding hydrogens is 344 g/mol. The van der Waals surface area contributed by atoms with Crippen LogP contribution in [0.5, 0.6) is 0 Å². The number of aromatic amines is 1. The molecule has 1 heterocycles. The summed E-state index contributed by atoms with van der Waals surface area (Å²) in [4.78, 5) is 20.0. The first-order valence-electron chi connectivity index (χ1n) is 8.80. The minimum Gasteiger partial charge on any atom is -0.333 e. The van der Waals surface area contributed by atoms with Crippen LogP contribution in [0.1, 0.15) is 41.6 Å². The highest BCUT2D eigenvalue weighted by molar-refractivity contribution is 7.98. The molecule has 4 rings (SSSR count). The van der Waals surface area contributed by atoms with Crippen molar-refractivity contribution < 1.29 is 4.79 Å². The van der Waals surface area contributed by atoms with Crippen LogP contribution < -0.4 is 5.43 Å². The number of hydrogen-bond donors (Lipinski definition) is 2. The first-order valence-corrected chi connectivity index (χ1v) is 9.79. The van der Waals surface area contributed by atoms with Crippen LogP contribution in [0.25, 0.3) is 11.0 Å². The molecule has 1 aromatic heterocycles. The van der Waals surface area contributed by atoms with Crippen LogP contribution in [0.15, 0.2) is 58.8 Å². The number of carbonyl (C=O) groups excluding carboxylic acids is 1. The summed E-state index contributed by atoms with van der Waals surface area (Å²) in [6, 6.07) is 15.7. The first-order chi connectivity index (χ1) is 12.8. The van der Waals surface area contributed by atoms with E-state index in [2.05, 4.69) is 20.5 Å². The molecule has 0 radical (unpaired) electrons. The second-order valence-corrected chi connectivity index (χ2v) is 7.33. The van der Waals surface area contributed by atoms with Crippen LogP contribution in [0.2, 0.25) is 0 Å². The fourth-order valence-corrected chi connectivity index (χ4v) is 3.83. The van der Waals surface area contributed by atoms with Gasteiger partial charge < -0.3 is 4.98 Å². The van der Waals surface area contributed by atoms with Crippen molar-refractivity contribution in [1.29, 1.82) is 0 Å². The van der Waals surface area contributed by atoms with Crippen LogP contribution in [0, 0.1) is 0 Å². The third-order valence-corrected chi connectivity index (χ3v) is 5.40. The Bertz CT molecular complexity index is 905. The standard InChI is InChI=1S/C20H20N4OS/c25-19(24-23-16-5-1-2-6-16)15-11-9-14(10-12-15)13-26-20-21-17-7-3-4-8-18(17)22-20/h3-4,7-12H,1-2,5-6,13H2,(H,21,22)(H,24,25). The molecular formula is C20H20N4OS. The number of amides is 1. The lowest BCUT2D eigenvalue weighted by Crippen LogP contribution is -2.19. The number of benzene rings is 2. The maximum absolute atomic E-state index is 12.2. The summed E-state index contributed by atoms with van der Waals surface area (Å²) < 4.78 is 0. The van der Waals surface area contributed by atoms with E-state index < -0.39 is 0 Å². The summed E-state index contributed by atoms with van der Waals surface area (Å²) in [6.07, 6.45) is 4.34. The number of rotatable bonds is 5. The summed E-state index contributed by atoms with van der Waals surface area (Å²) in [7, 11) is 0. The maximum Gasteiger partial charge on any atom is 0.271 e. The Morgan fingerprint density at radius 1 is 1.12 bits per heavy atom. The summed E-state index contributed by atoms with van der Waals surface area (Å²) in [5, 5.41) is 5.12. The van der Waals surface area contributed by atoms with Crippen LogP contribution in [-0.2, 0) is 5.75 Å². The second kappa shape index (κ2) is 7.74. The van der Waals surface area contributed by atoms with Gasteiger partial charge in [-0.2, -0.15) is 5.10 Å². The van der Waals surface area contributed by atoms with Gasteiger partial charge in [0.05, 0.1) is 11.0 Å². The van der Waals surface area contributed by atoms with E-state index in [1.165, 1.54) is 12.8 Å². The smallest absolute Gasteiger partial charge is 0.271 e. The molecule has 0 atom stereocenters. The van der Waals surface area contributed by atoms with Gasteiger partial charge in [-0.15, -0.1) is 0 Å². The molecule has 1 amide bonds. The molecule has 1 fully saturated rings. The lowest BCUT2D eigenvalue weighted by Gasteiger charge is -2.03. The van der Waals surface area contributed by atoms with Crippen molar-refractivity contribution in [2.45, 2.75) is 36.6 Å². The number of H-pyrrole nitrogens is 1. The molecule has 0 aliphatic heterocycles. The lowest BCUT2D eigenvalue weighted by molar-refractivity contribution is 0.0954. The summed E-state index contributed by atoms with van der Waals surface area (Å²) in [5.41, 5.74) is 7.56. The van der Waals surface area contributed by atoms with Gasteiger partial charge in [0.15, 0.2) is 5.16 Å². The van der Waals surface area contributed by atoms with E-state index in [9.17, 15) is 4.79 Å². The van der Waals surface area contributed by atoms with Crippen molar-refractivity contribution in [3.05, 3.63) is 59.7 Å². The molecule has 2 aromatic carbocycles. The number of aromatic nitrogens is 2. The van der Waals surface area contributed by atoms with Crippen molar-refractivity contribution in [3.8, 4) is 0 Å². The largest absolute Gasteiger partial charge is 0.333 e. The van der Waals surface area contributed by atoms with E-state index in [1.54, 1.807) is 11.8 Å². The Kier molecular flexibility index (Phi) is 5.02. The predicted octanol–water partition coefficient (Wildman–Crippen LogP) is 4.52. The number of hydrogen-bond acceptors (Lipinski definition) is 4. The molecule has 26 heavy (non-hydrogen) atoms. The molecule has 0 saturated heterocycles. The maximum atomic E-state index is 12.2. The zero-order chi connectivity index (χ0) is 17.8. The van der Waals surface area contributed by atoms with Crippen LogP contribution in [0.4, 0.5) is 0 Å². The van der Waals surface area contributed by atoms with E-state index >= 15 is 0 Å². The van der Waals surface area contributed by atoms with Gasteiger partial charge in [0.2, 0.25) is 0 Å². The Labute approximate surface area is 156 Å². The topological polar surface area (TPSA) is 70.1 Å². The van der Waals surface area contributed by atoms with Gasteiger partial charge in [0, 0.05) is 17.0 Å². The van der Waals surface area contributed by atoms with Crippen molar-refractivity contribution in [1.82, 2.24) is 15.4 Å². The SMILES string of the molecule is O=C(NN=C1CCCC1)c1ccc(CSc2nc3ccccc3[nH]2)cc1. The zero-order valence-electron chi connectivity index (χ0n) is 14.4. The number of carbonyl (C=O) groups is 1. The van der Waals surface area contributed by atoms with Crippen molar-refractivity contribution >= 4 is 34.4 Å². The molecule has 1 aliphatic carbocycles. The third-order valence-electron chi connectivity index (χ3n) is 4.46. The molecule has 0 spiro atoms. The van der Waals surface area contributed by atoms with Gasteiger partial charge in [-0.1, -0.05) is 36.0 Å². The van der Waals surface area contributed by atoms with Gasteiger partial charge in [0.1, 0.15) is 0 Å². The monoisotopic (exact) mass is 364 g/mol. The van der Waals surface area contributed by atoms with Gasteiger partial charge >= 0.3 is 0 Å². The fourth-order valence-electron chi connectivity index (χ4n) is 2.99. The van der Waals surface area contributed by atoms with Gasteiger partial charge in [-0.3, -0.25) is 4.79 Å². The highest BCUT2D eigenvalue weighted by atomic mass is 32.2. The number of nitrogens with one attached hydrogen (secondary N) is 2. The highest BCUT2D eigenvalue weighted by Gasteiger charge is 2.10. The molecule has 5 nitrogen and oxygen atoms in total. The normalized spacial score (nSPS) is 13.9. The number of thioether (sulfide) groups is 1. The predicted molar refractivity (Wildman–Crippen MR) is 105 cm³/mol. The van der Waals surface area contributed by atoms with E-state index in [0.717, 1.165) is 46.1 Å². The number of nitrogens with zero attached hydrogens (tertiary/aromatic N) is 2. The van der Waals surface area contributed by atoms with Crippen molar-refractivity contribution in [2.24, 2.45) is 5.10 Å². The molecule has 1 saturated carbocycles. The van der Waals surface area contributed by atoms with Crippen LogP contribution in [0.3, 0.4) is 0 Å². The average molecular weight is 364 g/mol. The molecule has 3 aromatic rings. The van der Waals surface area contributed by atoms with Crippen molar-refractivity contribution in [2.75, 3.05) is 0 Å². The zero-order valence-corrected chi connectivity index (χ0v) is 15.2. The molecule has 0 unspecified atom stereocenters. The third kappa shape index (κ3) is 3.96. The Morgan fingerprint density at radius 3 is 2.65 bits per heavy atom. The van der Waals surface area contributed by atoms with E-state index in [0.29, 0.717) is 5.56 Å². The Morgan fingerprint density at radius 2 is 1.88 bits per heavy atom. The quantitative estimate of drug-likeness (QED) is 0.517. The number of imidazole rings is 1. The average Bonchev–Trinajstić information content (AvgIpc) is 3.34. The minimum absolute atomic E-state index is 0.152. The highest BCUT2D eigenvalue weighted by Crippen LogP contribution is 2.23. The fraction of sp³-hybridized carbons (Fsp3) is 0.250. The molecule has 6 heteroatoms. The van der Waals surface area contributed by atoms with Gasteiger partial charge in [0.25, 0.3) is 5.91 Å². The molecule has 1 aliphatic rings. The van der Waals surface area contributed by atoms with Gasteiger partial charge in [-0.05, 0) is 55.5 Å². The number of fused-ring (bicyclic) bond motifs is 1. The summed E-state index contributed by atoms with van der Waals surface area (Å²) >= 11 is 1.65.